The van der Waals surface area contributed by atoms with Gasteiger partial charge in [0, 0.05) is 16.6 Å². The van der Waals surface area contributed by atoms with E-state index in [4.69, 9.17) is 11.6 Å². The van der Waals surface area contributed by atoms with Gasteiger partial charge in [-0.05, 0) is 56.9 Å². The number of hydrogen-bond donors (Lipinski definition) is 0. The minimum Gasteiger partial charge on any atom is -0.309 e. The summed E-state index contributed by atoms with van der Waals surface area (Å²) in [5.41, 5.74) is 2.55. The van der Waals surface area contributed by atoms with Crippen molar-refractivity contribution < 1.29 is 4.79 Å². The molecule has 0 bridgehead atoms. The maximum atomic E-state index is 10.9. The molecule has 1 atom stereocenters. The molecule has 1 aromatic heterocycles. The van der Waals surface area contributed by atoms with Crippen molar-refractivity contribution in [3.63, 3.8) is 0 Å². The minimum atomic E-state index is 0.157. The molecule has 110 valence electrons. The summed E-state index contributed by atoms with van der Waals surface area (Å²) in [6.45, 7) is 0.945. The topological polar surface area (TPSA) is 33.2 Å². The van der Waals surface area contributed by atoms with Crippen molar-refractivity contribution >= 4 is 17.9 Å². The zero-order valence-corrected chi connectivity index (χ0v) is 13.0. The Hall–Kier alpha value is -1.71. The van der Waals surface area contributed by atoms with E-state index in [0.29, 0.717) is 5.69 Å². The number of carbonyl (C=O) groups is 1. The van der Waals surface area contributed by atoms with E-state index in [1.54, 1.807) is 6.07 Å². The molecule has 0 aliphatic carbocycles. The second-order valence-electron chi connectivity index (χ2n) is 5.30. The van der Waals surface area contributed by atoms with Crippen LogP contribution in [0.3, 0.4) is 0 Å². The summed E-state index contributed by atoms with van der Waals surface area (Å²) in [6, 6.07) is 13.4. The third-order valence-corrected chi connectivity index (χ3v) is 3.66. The van der Waals surface area contributed by atoms with E-state index >= 15 is 0 Å². The van der Waals surface area contributed by atoms with Gasteiger partial charge < -0.3 is 4.90 Å². The van der Waals surface area contributed by atoms with Gasteiger partial charge in [-0.1, -0.05) is 29.8 Å². The van der Waals surface area contributed by atoms with Crippen LogP contribution in [0.2, 0.25) is 5.02 Å². The van der Waals surface area contributed by atoms with Gasteiger partial charge in [0.05, 0.1) is 0 Å². The lowest BCUT2D eigenvalue weighted by Crippen LogP contribution is -2.17. The van der Waals surface area contributed by atoms with E-state index in [2.05, 4.69) is 9.88 Å². The number of halogens is 1. The Bertz CT molecular complexity index is 596. The van der Waals surface area contributed by atoms with Gasteiger partial charge in [-0.15, -0.1) is 0 Å². The molecule has 0 saturated heterocycles. The Morgan fingerprint density at radius 1 is 1.19 bits per heavy atom. The third-order valence-electron chi connectivity index (χ3n) is 3.41. The Kier molecular flexibility index (Phi) is 5.48. The predicted octanol–water partition coefficient (Wildman–Crippen LogP) is 3.63. The summed E-state index contributed by atoms with van der Waals surface area (Å²) in [4.78, 5) is 17.5. The smallest absolute Gasteiger partial charge is 0.168 e. The van der Waals surface area contributed by atoms with Crippen molar-refractivity contribution in [3.05, 3.63) is 64.4 Å². The van der Waals surface area contributed by atoms with Gasteiger partial charge in [0.1, 0.15) is 5.69 Å². The number of hydrogen-bond acceptors (Lipinski definition) is 3. The van der Waals surface area contributed by atoms with Crippen LogP contribution in [0.15, 0.2) is 42.5 Å². The summed E-state index contributed by atoms with van der Waals surface area (Å²) in [5, 5.41) is 0.722. The highest BCUT2D eigenvalue weighted by Crippen LogP contribution is 2.28. The fourth-order valence-electron chi connectivity index (χ4n) is 2.30. The van der Waals surface area contributed by atoms with E-state index < -0.39 is 0 Å². The Labute approximate surface area is 130 Å². The molecule has 0 radical (unpaired) electrons. The highest BCUT2D eigenvalue weighted by Gasteiger charge is 2.16. The zero-order valence-electron chi connectivity index (χ0n) is 12.3. The lowest BCUT2D eigenvalue weighted by Gasteiger charge is -2.20. The van der Waals surface area contributed by atoms with E-state index in [1.807, 2.05) is 50.5 Å². The van der Waals surface area contributed by atoms with Gasteiger partial charge in [0.15, 0.2) is 6.29 Å². The fraction of sp³-hybridized carbons (Fsp3) is 0.294. The number of rotatable bonds is 6. The molecule has 1 heterocycles. The molecule has 0 spiro atoms. The summed E-state index contributed by atoms with van der Waals surface area (Å²) < 4.78 is 0. The molecule has 0 N–H and O–H groups in total. The average Bonchev–Trinajstić information content (AvgIpc) is 2.49. The second kappa shape index (κ2) is 7.34. The van der Waals surface area contributed by atoms with Crippen molar-refractivity contribution in [3.8, 4) is 0 Å². The van der Waals surface area contributed by atoms with Crippen LogP contribution >= 0.6 is 11.6 Å². The number of carbonyl (C=O) groups excluding carboxylic acids is 1. The Morgan fingerprint density at radius 2 is 1.90 bits per heavy atom. The van der Waals surface area contributed by atoms with Crippen molar-refractivity contribution in [2.75, 3.05) is 20.6 Å². The fourth-order valence-corrected chi connectivity index (χ4v) is 2.42. The summed E-state index contributed by atoms with van der Waals surface area (Å²) in [5.74, 6) is 0.157. The number of aldehydes is 1. The van der Waals surface area contributed by atoms with E-state index in [1.165, 1.54) is 0 Å². The first kappa shape index (κ1) is 15.7. The molecule has 0 fully saturated rings. The Balaban J connectivity index is 2.34. The monoisotopic (exact) mass is 302 g/mol. The van der Waals surface area contributed by atoms with Gasteiger partial charge in [0.2, 0.25) is 0 Å². The number of nitrogens with zero attached hydrogens (tertiary/aromatic N) is 2. The second-order valence-corrected chi connectivity index (χ2v) is 5.74. The van der Waals surface area contributed by atoms with Crippen LogP contribution in [0.4, 0.5) is 0 Å². The SMILES string of the molecule is CN(C)CCC(c1ccc(Cl)cc1)c1cccc(C=O)n1. The molecule has 0 aliphatic heterocycles. The standard InChI is InChI=1S/C17H19ClN2O/c1-20(2)11-10-16(13-6-8-14(18)9-7-13)17-5-3-4-15(12-21)19-17/h3-9,12,16H,10-11H2,1-2H3. The maximum Gasteiger partial charge on any atom is 0.168 e. The predicted molar refractivity (Wildman–Crippen MR) is 86.1 cm³/mol. The molecule has 0 saturated carbocycles. The van der Waals surface area contributed by atoms with Crippen LogP contribution in [0.25, 0.3) is 0 Å². The average molecular weight is 303 g/mol. The van der Waals surface area contributed by atoms with Crippen LogP contribution in [-0.2, 0) is 0 Å². The molecular weight excluding hydrogens is 284 g/mol. The first-order chi connectivity index (χ1) is 10.1. The highest BCUT2D eigenvalue weighted by atomic mass is 35.5. The molecule has 1 aromatic carbocycles. The molecule has 0 amide bonds. The molecular formula is C17H19ClN2O. The summed E-state index contributed by atoms with van der Waals surface area (Å²) in [7, 11) is 4.10. The molecule has 1 unspecified atom stereocenters. The number of pyridine rings is 1. The van der Waals surface area contributed by atoms with Gasteiger partial charge in [0.25, 0.3) is 0 Å². The minimum absolute atomic E-state index is 0.157. The highest BCUT2D eigenvalue weighted by molar-refractivity contribution is 6.30. The first-order valence-corrected chi connectivity index (χ1v) is 7.30. The first-order valence-electron chi connectivity index (χ1n) is 6.92. The quantitative estimate of drug-likeness (QED) is 0.764. The molecule has 4 heteroatoms. The normalized spacial score (nSPS) is 12.4. The Morgan fingerprint density at radius 3 is 2.52 bits per heavy atom. The van der Waals surface area contributed by atoms with Gasteiger partial charge in [-0.3, -0.25) is 4.79 Å². The van der Waals surface area contributed by atoms with Crippen LogP contribution in [0.5, 0.6) is 0 Å². The van der Waals surface area contributed by atoms with Crippen LogP contribution in [-0.4, -0.2) is 36.8 Å². The lowest BCUT2D eigenvalue weighted by molar-refractivity contribution is 0.111. The van der Waals surface area contributed by atoms with Crippen LogP contribution in [0, 0.1) is 0 Å². The molecule has 2 aromatic rings. The number of aromatic nitrogens is 1. The molecule has 21 heavy (non-hydrogen) atoms. The molecule has 3 nitrogen and oxygen atoms in total. The van der Waals surface area contributed by atoms with Gasteiger partial charge in [-0.2, -0.15) is 0 Å². The number of benzene rings is 1. The summed E-state index contributed by atoms with van der Waals surface area (Å²) >= 11 is 5.97. The van der Waals surface area contributed by atoms with Crippen molar-refractivity contribution in [1.29, 1.82) is 0 Å². The summed E-state index contributed by atoms with van der Waals surface area (Å²) in [6.07, 6.45) is 1.72. The van der Waals surface area contributed by atoms with Crippen LogP contribution < -0.4 is 0 Å². The van der Waals surface area contributed by atoms with Gasteiger partial charge in [-0.25, -0.2) is 4.98 Å². The van der Waals surface area contributed by atoms with Crippen LogP contribution in [0.1, 0.15) is 34.1 Å². The third kappa shape index (κ3) is 4.38. The van der Waals surface area contributed by atoms with Crippen molar-refractivity contribution in [2.24, 2.45) is 0 Å². The maximum absolute atomic E-state index is 10.9. The van der Waals surface area contributed by atoms with Crippen molar-refractivity contribution in [2.45, 2.75) is 12.3 Å². The van der Waals surface area contributed by atoms with E-state index in [9.17, 15) is 4.79 Å². The zero-order chi connectivity index (χ0) is 15.2. The molecule has 2 rings (SSSR count). The lowest BCUT2D eigenvalue weighted by atomic mass is 9.91. The molecule has 0 aliphatic rings. The van der Waals surface area contributed by atoms with Crippen molar-refractivity contribution in [1.82, 2.24) is 9.88 Å². The largest absolute Gasteiger partial charge is 0.309 e. The van der Waals surface area contributed by atoms with E-state index in [0.717, 1.165) is 35.5 Å². The van der Waals surface area contributed by atoms with E-state index in [-0.39, 0.29) is 5.92 Å². The van der Waals surface area contributed by atoms with Gasteiger partial charge >= 0.3 is 0 Å².